The van der Waals surface area contributed by atoms with Crippen LogP contribution in [0, 0.1) is 6.92 Å². The summed E-state index contributed by atoms with van der Waals surface area (Å²) >= 11 is 1.53. The number of nitrogens with one attached hydrogen (secondary N) is 1. The number of rotatable bonds is 5. The lowest BCUT2D eigenvalue weighted by atomic mass is 10.1. The molecule has 0 saturated carbocycles. The van der Waals surface area contributed by atoms with Crippen LogP contribution in [-0.4, -0.2) is 16.7 Å². The highest BCUT2D eigenvalue weighted by atomic mass is 32.1. The maximum absolute atomic E-state index is 12.2. The number of benzene rings is 2. The number of carbonyl (C=O) groups is 2. The van der Waals surface area contributed by atoms with Crippen molar-refractivity contribution in [3.8, 4) is 10.6 Å². The number of anilines is 1. The number of ketones is 1. The Morgan fingerprint density at radius 3 is 2.36 bits per heavy atom. The van der Waals surface area contributed by atoms with Crippen LogP contribution in [0.2, 0.25) is 0 Å². The van der Waals surface area contributed by atoms with Gasteiger partial charge in [-0.05, 0) is 38.1 Å². The molecule has 126 valence electrons. The van der Waals surface area contributed by atoms with Gasteiger partial charge in [-0.1, -0.05) is 29.8 Å². The molecule has 1 amide bonds. The standard InChI is InChI=1S/C20H18N2O2S/c1-13-3-5-16(6-4-13)20-22-18(12-25-20)11-19(24)21-17-9-7-15(8-10-17)14(2)23/h3-10,12H,11H2,1-2H3,(H,21,24). The molecule has 2 aromatic carbocycles. The number of thiazole rings is 1. The molecule has 0 bridgehead atoms. The molecule has 0 unspecified atom stereocenters. The van der Waals surface area contributed by atoms with Crippen LogP contribution in [0.15, 0.2) is 53.9 Å². The second-order valence-corrected chi connectivity index (χ2v) is 6.73. The Hall–Kier alpha value is -2.79. The summed E-state index contributed by atoms with van der Waals surface area (Å²) in [6, 6.07) is 15.0. The summed E-state index contributed by atoms with van der Waals surface area (Å²) in [6.45, 7) is 3.56. The number of hydrogen-bond donors (Lipinski definition) is 1. The molecule has 0 aliphatic rings. The largest absolute Gasteiger partial charge is 0.326 e. The van der Waals surface area contributed by atoms with Gasteiger partial charge in [-0.15, -0.1) is 11.3 Å². The Morgan fingerprint density at radius 2 is 1.72 bits per heavy atom. The summed E-state index contributed by atoms with van der Waals surface area (Å²) in [5, 5.41) is 5.65. The topological polar surface area (TPSA) is 59.1 Å². The van der Waals surface area contributed by atoms with Gasteiger partial charge >= 0.3 is 0 Å². The fourth-order valence-electron chi connectivity index (χ4n) is 2.37. The summed E-state index contributed by atoms with van der Waals surface area (Å²) < 4.78 is 0. The third-order valence-electron chi connectivity index (χ3n) is 3.77. The van der Waals surface area contributed by atoms with Crippen LogP contribution in [0.3, 0.4) is 0 Å². The van der Waals surface area contributed by atoms with Crippen LogP contribution in [0.1, 0.15) is 28.5 Å². The van der Waals surface area contributed by atoms with E-state index in [1.807, 2.05) is 36.6 Å². The van der Waals surface area contributed by atoms with Crippen LogP contribution >= 0.6 is 11.3 Å². The number of Topliss-reactive ketones (excluding diaryl/α,β-unsaturated/α-hetero) is 1. The van der Waals surface area contributed by atoms with Crippen molar-refractivity contribution in [2.24, 2.45) is 0 Å². The van der Waals surface area contributed by atoms with Crippen molar-refractivity contribution in [1.82, 2.24) is 4.98 Å². The molecule has 0 saturated heterocycles. The highest BCUT2D eigenvalue weighted by Crippen LogP contribution is 2.24. The average molecular weight is 350 g/mol. The van der Waals surface area contributed by atoms with Gasteiger partial charge in [-0.25, -0.2) is 4.98 Å². The summed E-state index contributed by atoms with van der Waals surface area (Å²) in [6.07, 6.45) is 0.219. The molecule has 0 atom stereocenters. The fourth-order valence-corrected chi connectivity index (χ4v) is 3.20. The van der Waals surface area contributed by atoms with E-state index in [0.29, 0.717) is 11.3 Å². The van der Waals surface area contributed by atoms with E-state index < -0.39 is 0 Å². The Morgan fingerprint density at radius 1 is 1.04 bits per heavy atom. The second kappa shape index (κ2) is 7.40. The quantitative estimate of drug-likeness (QED) is 0.689. The minimum absolute atomic E-state index is 0.00369. The lowest BCUT2D eigenvalue weighted by molar-refractivity contribution is -0.115. The van der Waals surface area contributed by atoms with Gasteiger partial charge in [0.1, 0.15) is 5.01 Å². The van der Waals surface area contributed by atoms with E-state index in [1.165, 1.54) is 23.8 Å². The molecule has 0 spiro atoms. The zero-order chi connectivity index (χ0) is 17.8. The Labute approximate surface area is 150 Å². The Bertz CT molecular complexity index is 896. The van der Waals surface area contributed by atoms with Crippen molar-refractivity contribution in [3.05, 3.63) is 70.7 Å². The van der Waals surface area contributed by atoms with Crippen LogP contribution in [-0.2, 0) is 11.2 Å². The highest BCUT2D eigenvalue weighted by molar-refractivity contribution is 7.13. The highest BCUT2D eigenvalue weighted by Gasteiger charge is 2.10. The Kier molecular flexibility index (Phi) is 5.05. The Balaban J connectivity index is 1.63. The van der Waals surface area contributed by atoms with Crippen LogP contribution in [0.5, 0.6) is 0 Å². The van der Waals surface area contributed by atoms with Gasteiger partial charge in [0, 0.05) is 22.2 Å². The van der Waals surface area contributed by atoms with Gasteiger partial charge in [0.25, 0.3) is 0 Å². The SMILES string of the molecule is CC(=O)c1ccc(NC(=O)Cc2csc(-c3ccc(C)cc3)n2)cc1. The maximum Gasteiger partial charge on any atom is 0.230 e. The number of carbonyl (C=O) groups excluding carboxylic acids is 2. The van der Waals surface area contributed by atoms with Crippen molar-refractivity contribution in [3.63, 3.8) is 0 Å². The zero-order valence-electron chi connectivity index (χ0n) is 14.1. The molecule has 3 rings (SSSR count). The van der Waals surface area contributed by atoms with E-state index in [-0.39, 0.29) is 18.1 Å². The summed E-state index contributed by atoms with van der Waals surface area (Å²) in [5.74, 6) is -0.125. The predicted octanol–water partition coefficient (Wildman–Crippen LogP) is 4.50. The van der Waals surface area contributed by atoms with Gasteiger partial charge < -0.3 is 5.32 Å². The molecule has 5 heteroatoms. The molecule has 1 heterocycles. The number of nitrogens with zero attached hydrogens (tertiary/aromatic N) is 1. The summed E-state index contributed by atoms with van der Waals surface area (Å²) in [5.41, 5.74) is 4.31. The van der Waals surface area contributed by atoms with Crippen LogP contribution in [0.4, 0.5) is 5.69 Å². The average Bonchev–Trinajstić information content (AvgIpc) is 3.04. The number of aromatic nitrogens is 1. The lowest BCUT2D eigenvalue weighted by Gasteiger charge is -2.04. The molecule has 4 nitrogen and oxygen atoms in total. The van der Waals surface area contributed by atoms with Crippen molar-refractivity contribution in [2.45, 2.75) is 20.3 Å². The molecule has 0 radical (unpaired) electrons. The molecule has 1 N–H and O–H groups in total. The number of amides is 1. The van der Waals surface area contributed by atoms with Crippen LogP contribution < -0.4 is 5.32 Å². The third-order valence-corrected chi connectivity index (χ3v) is 4.71. The van der Waals surface area contributed by atoms with Crippen molar-refractivity contribution >= 4 is 28.7 Å². The summed E-state index contributed by atoms with van der Waals surface area (Å²) in [4.78, 5) is 28.0. The molecule has 0 fully saturated rings. The number of hydrogen-bond acceptors (Lipinski definition) is 4. The molecule has 0 aliphatic heterocycles. The molecule has 1 aromatic heterocycles. The van der Waals surface area contributed by atoms with E-state index >= 15 is 0 Å². The maximum atomic E-state index is 12.2. The van der Waals surface area contributed by atoms with E-state index in [1.54, 1.807) is 24.3 Å². The zero-order valence-corrected chi connectivity index (χ0v) is 14.9. The monoisotopic (exact) mass is 350 g/mol. The van der Waals surface area contributed by atoms with Gasteiger partial charge in [0.15, 0.2) is 5.78 Å². The van der Waals surface area contributed by atoms with E-state index in [9.17, 15) is 9.59 Å². The third kappa shape index (κ3) is 4.39. The summed E-state index contributed by atoms with van der Waals surface area (Å²) in [7, 11) is 0. The first-order chi connectivity index (χ1) is 12.0. The van der Waals surface area contributed by atoms with E-state index in [0.717, 1.165) is 16.3 Å². The van der Waals surface area contributed by atoms with Gasteiger partial charge in [-0.3, -0.25) is 9.59 Å². The first-order valence-electron chi connectivity index (χ1n) is 7.93. The minimum atomic E-state index is -0.128. The molecule has 3 aromatic rings. The number of aryl methyl sites for hydroxylation is 1. The second-order valence-electron chi connectivity index (χ2n) is 5.87. The van der Waals surface area contributed by atoms with Crippen LogP contribution in [0.25, 0.3) is 10.6 Å². The first-order valence-corrected chi connectivity index (χ1v) is 8.81. The van der Waals surface area contributed by atoms with Gasteiger partial charge in [0.2, 0.25) is 5.91 Å². The van der Waals surface area contributed by atoms with Gasteiger partial charge in [0.05, 0.1) is 12.1 Å². The molecule has 0 aliphatic carbocycles. The van der Waals surface area contributed by atoms with Crippen molar-refractivity contribution in [2.75, 3.05) is 5.32 Å². The predicted molar refractivity (Wildman–Crippen MR) is 101 cm³/mol. The molecule has 25 heavy (non-hydrogen) atoms. The van der Waals surface area contributed by atoms with Crippen molar-refractivity contribution in [1.29, 1.82) is 0 Å². The fraction of sp³-hybridized carbons (Fsp3) is 0.150. The van der Waals surface area contributed by atoms with E-state index in [4.69, 9.17) is 0 Å². The normalized spacial score (nSPS) is 10.5. The molecular weight excluding hydrogens is 332 g/mol. The van der Waals surface area contributed by atoms with E-state index in [2.05, 4.69) is 10.3 Å². The van der Waals surface area contributed by atoms with Crippen molar-refractivity contribution < 1.29 is 9.59 Å². The molecular formula is C20H18N2O2S. The lowest BCUT2D eigenvalue weighted by Crippen LogP contribution is -2.14. The van der Waals surface area contributed by atoms with Gasteiger partial charge in [-0.2, -0.15) is 0 Å². The first kappa shape index (κ1) is 17.0. The minimum Gasteiger partial charge on any atom is -0.326 e. The smallest absolute Gasteiger partial charge is 0.230 e.